The predicted molar refractivity (Wildman–Crippen MR) is 79.5 cm³/mol. The highest BCUT2D eigenvalue weighted by Crippen LogP contribution is 2.24. The molecule has 0 saturated heterocycles. The van der Waals surface area contributed by atoms with Crippen LogP contribution in [0.5, 0.6) is 0 Å². The Labute approximate surface area is 116 Å². The van der Waals surface area contributed by atoms with E-state index in [1.807, 2.05) is 42.6 Å². The number of hydrogen-bond donors (Lipinski definition) is 1. The first-order valence-corrected chi connectivity index (χ1v) is 7.18. The van der Waals surface area contributed by atoms with E-state index in [2.05, 4.69) is 17.1 Å². The van der Waals surface area contributed by atoms with Crippen molar-refractivity contribution in [1.29, 1.82) is 0 Å². The fourth-order valence-electron chi connectivity index (χ4n) is 2.19. The molecule has 2 heterocycles. The number of fused-ring (bicyclic) bond motifs is 1. The van der Waals surface area contributed by atoms with Crippen molar-refractivity contribution >= 4 is 22.2 Å². The van der Waals surface area contributed by atoms with Gasteiger partial charge >= 0.3 is 0 Å². The molecule has 0 spiro atoms. The first-order valence-electron chi connectivity index (χ1n) is 6.30. The van der Waals surface area contributed by atoms with Crippen LogP contribution in [0.25, 0.3) is 10.9 Å². The van der Waals surface area contributed by atoms with Crippen LogP contribution in [0.3, 0.4) is 0 Å². The van der Waals surface area contributed by atoms with Crippen LogP contribution in [0.1, 0.15) is 22.2 Å². The molecule has 1 unspecified atom stereocenters. The third-order valence-electron chi connectivity index (χ3n) is 3.21. The minimum Gasteiger partial charge on any atom is -0.388 e. The molecule has 0 bridgehead atoms. The molecule has 0 aliphatic heterocycles. The normalized spacial score (nSPS) is 12.7. The summed E-state index contributed by atoms with van der Waals surface area (Å²) in [4.78, 5) is 5.68. The Hall–Kier alpha value is -1.71. The van der Waals surface area contributed by atoms with Crippen LogP contribution in [0.4, 0.5) is 0 Å². The molecule has 0 saturated carbocycles. The third kappa shape index (κ3) is 2.67. The number of hydrogen-bond acceptors (Lipinski definition) is 3. The summed E-state index contributed by atoms with van der Waals surface area (Å²) in [5, 5.41) is 13.4. The zero-order chi connectivity index (χ0) is 13.2. The van der Waals surface area contributed by atoms with Crippen molar-refractivity contribution in [2.24, 2.45) is 0 Å². The van der Waals surface area contributed by atoms with Gasteiger partial charge in [-0.3, -0.25) is 4.98 Å². The Morgan fingerprint density at radius 3 is 2.89 bits per heavy atom. The summed E-state index contributed by atoms with van der Waals surface area (Å²) in [6.07, 6.45) is 0.215. The maximum atomic E-state index is 10.3. The van der Waals surface area contributed by atoms with Gasteiger partial charge in [0.2, 0.25) is 0 Å². The van der Waals surface area contributed by atoms with Gasteiger partial charge < -0.3 is 5.11 Å². The Bertz CT molecular complexity index is 691. The van der Waals surface area contributed by atoms with Crippen molar-refractivity contribution in [2.45, 2.75) is 19.4 Å². The highest BCUT2D eigenvalue weighted by Gasteiger charge is 2.10. The van der Waals surface area contributed by atoms with Crippen molar-refractivity contribution in [2.75, 3.05) is 0 Å². The van der Waals surface area contributed by atoms with Gasteiger partial charge in [-0.15, -0.1) is 11.3 Å². The standard InChI is InChI=1S/C16H15NOS/c1-11-4-5-12-9-13(6-7-15(12)17-11)16(18)10-14-3-2-8-19-14/h2-9,16,18H,10H2,1H3. The maximum Gasteiger partial charge on any atom is 0.0838 e. The van der Waals surface area contributed by atoms with Gasteiger partial charge in [0, 0.05) is 22.4 Å². The molecule has 0 radical (unpaired) electrons. The number of aliphatic hydroxyl groups is 1. The Balaban J connectivity index is 1.90. The summed E-state index contributed by atoms with van der Waals surface area (Å²) in [5.41, 5.74) is 2.94. The van der Waals surface area contributed by atoms with E-state index < -0.39 is 6.10 Å². The molecule has 1 N–H and O–H groups in total. The number of aromatic nitrogens is 1. The van der Waals surface area contributed by atoms with Gasteiger partial charge in [-0.25, -0.2) is 0 Å². The number of aliphatic hydroxyl groups excluding tert-OH is 1. The number of pyridine rings is 1. The summed E-state index contributed by atoms with van der Waals surface area (Å²) in [6.45, 7) is 1.99. The van der Waals surface area contributed by atoms with Crippen LogP contribution < -0.4 is 0 Å². The smallest absolute Gasteiger partial charge is 0.0838 e. The van der Waals surface area contributed by atoms with Crippen LogP contribution in [0.2, 0.25) is 0 Å². The van der Waals surface area contributed by atoms with Crippen molar-refractivity contribution in [1.82, 2.24) is 4.98 Å². The van der Waals surface area contributed by atoms with Gasteiger partial charge in [-0.2, -0.15) is 0 Å². The fourth-order valence-corrected chi connectivity index (χ4v) is 2.93. The number of aryl methyl sites for hydroxylation is 1. The summed E-state index contributed by atoms with van der Waals surface area (Å²) in [5.74, 6) is 0. The average Bonchev–Trinajstić information content (AvgIpc) is 2.91. The Morgan fingerprint density at radius 2 is 2.11 bits per heavy atom. The highest BCUT2D eigenvalue weighted by atomic mass is 32.1. The molecular formula is C16H15NOS. The molecule has 0 amide bonds. The summed E-state index contributed by atoms with van der Waals surface area (Å²) in [7, 11) is 0. The van der Waals surface area contributed by atoms with E-state index in [4.69, 9.17) is 0 Å². The van der Waals surface area contributed by atoms with Gasteiger partial charge in [0.1, 0.15) is 0 Å². The second-order valence-electron chi connectivity index (χ2n) is 4.70. The monoisotopic (exact) mass is 269 g/mol. The largest absolute Gasteiger partial charge is 0.388 e. The van der Waals surface area contributed by atoms with Crippen LogP contribution in [0, 0.1) is 6.92 Å². The molecule has 19 heavy (non-hydrogen) atoms. The van der Waals surface area contributed by atoms with Crippen molar-refractivity contribution in [3.63, 3.8) is 0 Å². The van der Waals surface area contributed by atoms with E-state index in [0.717, 1.165) is 22.2 Å². The lowest BCUT2D eigenvalue weighted by Crippen LogP contribution is -2.00. The molecule has 0 aliphatic rings. The van der Waals surface area contributed by atoms with Crippen LogP contribution in [0.15, 0.2) is 47.8 Å². The summed E-state index contributed by atoms with van der Waals surface area (Å²) in [6, 6.07) is 14.1. The molecule has 1 aromatic carbocycles. The lowest BCUT2D eigenvalue weighted by molar-refractivity contribution is 0.179. The molecule has 0 aliphatic carbocycles. The predicted octanol–water partition coefficient (Wildman–Crippen LogP) is 3.88. The third-order valence-corrected chi connectivity index (χ3v) is 4.11. The van der Waals surface area contributed by atoms with Gasteiger partial charge in [-0.05, 0) is 42.1 Å². The molecule has 2 nitrogen and oxygen atoms in total. The average molecular weight is 269 g/mol. The van der Waals surface area contributed by atoms with Crippen molar-refractivity contribution < 1.29 is 5.11 Å². The van der Waals surface area contributed by atoms with E-state index in [9.17, 15) is 5.11 Å². The topological polar surface area (TPSA) is 33.1 Å². The second kappa shape index (κ2) is 5.11. The lowest BCUT2D eigenvalue weighted by atomic mass is 10.0. The first-order chi connectivity index (χ1) is 9.22. The Morgan fingerprint density at radius 1 is 1.21 bits per heavy atom. The van der Waals surface area contributed by atoms with Crippen LogP contribution in [-0.4, -0.2) is 10.1 Å². The van der Waals surface area contributed by atoms with Crippen LogP contribution in [-0.2, 0) is 6.42 Å². The van der Waals surface area contributed by atoms with E-state index >= 15 is 0 Å². The number of nitrogens with zero attached hydrogens (tertiary/aromatic N) is 1. The molecule has 1 atom stereocenters. The second-order valence-corrected chi connectivity index (χ2v) is 5.74. The molecule has 3 aromatic rings. The van der Waals surface area contributed by atoms with E-state index in [0.29, 0.717) is 6.42 Å². The molecule has 96 valence electrons. The SMILES string of the molecule is Cc1ccc2cc(C(O)Cc3cccs3)ccc2n1. The fraction of sp³-hybridized carbons (Fsp3) is 0.188. The van der Waals surface area contributed by atoms with Crippen molar-refractivity contribution in [3.8, 4) is 0 Å². The zero-order valence-electron chi connectivity index (χ0n) is 10.7. The number of thiophene rings is 1. The van der Waals surface area contributed by atoms with Gasteiger partial charge in [0.15, 0.2) is 0 Å². The first kappa shape index (κ1) is 12.3. The molecule has 0 fully saturated rings. The summed E-state index contributed by atoms with van der Waals surface area (Å²) < 4.78 is 0. The van der Waals surface area contributed by atoms with Crippen LogP contribution >= 0.6 is 11.3 Å². The minimum absolute atomic E-state index is 0.454. The zero-order valence-corrected chi connectivity index (χ0v) is 11.5. The molecule has 3 heteroatoms. The molecule has 3 rings (SSSR count). The summed E-state index contributed by atoms with van der Waals surface area (Å²) >= 11 is 1.68. The Kier molecular flexibility index (Phi) is 3.32. The van der Waals surface area contributed by atoms with Gasteiger partial charge in [0.05, 0.1) is 11.6 Å². The van der Waals surface area contributed by atoms with E-state index in [1.54, 1.807) is 11.3 Å². The minimum atomic E-state index is -0.454. The molecular weight excluding hydrogens is 254 g/mol. The maximum absolute atomic E-state index is 10.3. The van der Waals surface area contributed by atoms with Crippen molar-refractivity contribution in [3.05, 3.63) is 64.0 Å². The lowest BCUT2D eigenvalue weighted by Gasteiger charge is -2.11. The van der Waals surface area contributed by atoms with E-state index in [1.165, 1.54) is 4.88 Å². The number of benzene rings is 1. The molecule has 2 aromatic heterocycles. The number of rotatable bonds is 3. The van der Waals surface area contributed by atoms with E-state index in [-0.39, 0.29) is 0 Å². The van der Waals surface area contributed by atoms with Gasteiger partial charge in [-0.1, -0.05) is 18.2 Å². The quantitative estimate of drug-likeness (QED) is 0.782. The highest BCUT2D eigenvalue weighted by molar-refractivity contribution is 7.09. The van der Waals surface area contributed by atoms with Gasteiger partial charge in [0.25, 0.3) is 0 Å².